The van der Waals surface area contributed by atoms with E-state index in [-0.39, 0.29) is 5.56 Å². The third-order valence-corrected chi connectivity index (χ3v) is 2.12. The van der Waals surface area contributed by atoms with Crippen LogP contribution in [0.5, 0.6) is 0 Å². The van der Waals surface area contributed by atoms with Crippen molar-refractivity contribution < 1.29 is 27.2 Å². The summed E-state index contributed by atoms with van der Waals surface area (Å²) in [5.41, 5.74) is -0.667. The first-order valence-corrected chi connectivity index (χ1v) is 5.47. The number of aromatic nitrogens is 2. The molecule has 1 aromatic heterocycles. The molecule has 2 N–H and O–H groups in total. The van der Waals surface area contributed by atoms with Crippen molar-refractivity contribution in [1.82, 2.24) is 20.4 Å². The van der Waals surface area contributed by atoms with Gasteiger partial charge in [-0.2, -0.15) is 5.10 Å². The maximum absolute atomic E-state index is 12.0. The highest BCUT2D eigenvalue weighted by Crippen LogP contribution is 2.07. The monoisotopic (exact) mass is 296 g/mol. The van der Waals surface area contributed by atoms with E-state index in [1.807, 2.05) is 10.6 Å². The van der Waals surface area contributed by atoms with Gasteiger partial charge in [-0.1, -0.05) is 0 Å². The summed E-state index contributed by atoms with van der Waals surface area (Å²) in [6.45, 7) is -1.78. The second kappa shape index (κ2) is 6.87. The maximum Gasteiger partial charge on any atom is 0.272 e. The van der Waals surface area contributed by atoms with E-state index in [1.165, 1.54) is 7.05 Å². The lowest BCUT2D eigenvalue weighted by atomic mass is 10.2. The molecule has 0 saturated carbocycles. The van der Waals surface area contributed by atoms with Crippen LogP contribution in [0.25, 0.3) is 0 Å². The van der Waals surface area contributed by atoms with Gasteiger partial charge in [0.2, 0.25) is 0 Å². The quantitative estimate of drug-likeness (QED) is 0.747. The Morgan fingerprint density at radius 3 is 2.15 bits per heavy atom. The number of hydrogen-bond acceptors (Lipinski definition) is 3. The van der Waals surface area contributed by atoms with Gasteiger partial charge in [-0.05, 0) is 0 Å². The van der Waals surface area contributed by atoms with Crippen molar-refractivity contribution in [1.29, 1.82) is 0 Å². The summed E-state index contributed by atoms with van der Waals surface area (Å²) >= 11 is 0. The molecule has 0 spiro atoms. The molecule has 10 heteroatoms. The summed E-state index contributed by atoms with van der Waals surface area (Å²) < 4.78 is 49.0. The summed E-state index contributed by atoms with van der Waals surface area (Å²) in [4.78, 5) is 23.2. The highest BCUT2D eigenvalue weighted by Gasteiger charge is 2.22. The van der Waals surface area contributed by atoms with E-state index in [0.717, 1.165) is 10.9 Å². The van der Waals surface area contributed by atoms with Crippen molar-refractivity contribution in [2.45, 2.75) is 12.9 Å². The molecule has 0 unspecified atom stereocenters. The van der Waals surface area contributed by atoms with Gasteiger partial charge in [0.15, 0.2) is 5.69 Å². The zero-order valence-corrected chi connectivity index (χ0v) is 10.4. The van der Waals surface area contributed by atoms with E-state index in [4.69, 9.17) is 0 Å². The Balaban J connectivity index is 2.81. The summed E-state index contributed by atoms with van der Waals surface area (Å²) in [7, 11) is 1.40. The minimum Gasteiger partial charge on any atom is -0.346 e. The van der Waals surface area contributed by atoms with Crippen molar-refractivity contribution in [3.8, 4) is 0 Å². The number of carbonyl (C=O) groups excluding carboxylic acids is 2. The number of nitrogens with zero attached hydrogens (tertiary/aromatic N) is 2. The van der Waals surface area contributed by atoms with Crippen LogP contribution in [0, 0.1) is 0 Å². The molecular weight excluding hydrogens is 284 g/mol. The Morgan fingerprint density at radius 1 is 1.15 bits per heavy atom. The highest BCUT2D eigenvalue weighted by molar-refractivity contribution is 6.05. The molecule has 20 heavy (non-hydrogen) atoms. The summed E-state index contributed by atoms with van der Waals surface area (Å²) in [5.74, 6) is -1.91. The van der Waals surface area contributed by atoms with Crippen LogP contribution < -0.4 is 10.6 Å². The molecule has 1 heterocycles. The smallest absolute Gasteiger partial charge is 0.272 e. The highest BCUT2D eigenvalue weighted by atomic mass is 19.3. The molecule has 112 valence electrons. The second-order valence-electron chi connectivity index (χ2n) is 3.77. The first-order valence-electron chi connectivity index (χ1n) is 5.47. The molecule has 0 radical (unpaired) electrons. The topological polar surface area (TPSA) is 76.0 Å². The second-order valence-corrected chi connectivity index (χ2v) is 3.77. The van der Waals surface area contributed by atoms with Crippen molar-refractivity contribution >= 4 is 11.8 Å². The van der Waals surface area contributed by atoms with Crippen LogP contribution in [-0.2, 0) is 7.05 Å². The van der Waals surface area contributed by atoms with Crippen LogP contribution in [0.3, 0.4) is 0 Å². The standard InChI is InChI=1S/C10H12F4N4O2/c1-18-4-5(9(19)15-2-6(11)12)8(17-18)10(20)16-3-7(13)14/h4,6-7H,2-3H2,1H3,(H,15,19)(H,16,20). The first kappa shape index (κ1) is 15.9. The predicted octanol–water partition coefficient (Wildman–Crippen LogP) is 0.410. The number of halogens is 4. The number of alkyl halides is 4. The normalized spacial score (nSPS) is 10.9. The average Bonchev–Trinajstić information content (AvgIpc) is 2.75. The SMILES string of the molecule is Cn1cc(C(=O)NCC(F)F)c(C(=O)NCC(F)F)n1. The number of aryl methyl sites for hydroxylation is 1. The third-order valence-electron chi connectivity index (χ3n) is 2.12. The number of amides is 2. The maximum atomic E-state index is 12.0. The minimum absolute atomic E-state index is 0.264. The van der Waals surface area contributed by atoms with Crippen molar-refractivity contribution in [2.24, 2.45) is 7.05 Å². The Labute approximate surface area is 111 Å². The molecule has 1 aromatic rings. The summed E-state index contributed by atoms with van der Waals surface area (Å²) in [6.07, 6.45) is -4.36. The van der Waals surface area contributed by atoms with Crippen LogP contribution in [0.1, 0.15) is 20.8 Å². The zero-order valence-electron chi connectivity index (χ0n) is 10.4. The van der Waals surface area contributed by atoms with E-state index in [9.17, 15) is 27.2 Å². The summed E-state index contributed by atoms with van der Waals surface area (Å²) in [5, 5.41) is 7.43. The largest absolute Gasteiger partial charge is 0.346 e. The number of nitrogens with one attached hydrogen (secondary N) is 2. The van der Waals surface area contributed by atoms with Gasteiger partial charge < -0.3 is 10.6 Å². The molecule has 0 aliphatic carbocycles. The van der Waals surface area contributed by atoms with Gasteiger partial charge in [0.1, 0.15) is 0 Å². The van der Waals surface area contributed by atoms with E-state index >= 15 is 0 Å². The van der Waals surface area contributed by atoms with Crippen LogP contribution in [0.15, 0.2) is 6.20 Å². The number of carbonyl (C=O) groups is 2. The predicted molar refractivity (Wildman–Crippen MR) is 59.9 cm³/mol. The van der Waals surface area contributed by atoms with Gasteiger partial charge in [-0.25, -0.2) is 17.6 Å². The van der Waals surface area contributed by atoms with Crippen LogP contribution in [0.2, 0.25) is 0 Å². The fourth-order valence-electron chi connectivity index (χ4n) is 1.34. The van der Waals surface area contributed by atoms with Gasteiger partial charge >= 0.3 is 0 Å². The Hall–Kier alpha value is -2.13. The van der Waals surface area contributed by atoms with Crippen LogP contribution in [-0.4, -0.2) is 47.5 Å². The molecule has 0 aromatic carbocycles. The van der Waals surface area contributed by atoms with E-state index in [1.54, 1.807) is 0 Å². The summed E-state index contributed by atoms with van der Waals surface area (Å²) in [6, 6.07) is 0. The fourth-order valence-corrected chi connectivity index (χ4v) is 1.34. The van der Waals surface area contributed by atoms with E-state index in [0.29, 0.717) is 0 Å². The Kier molecular flexibility index (Phi) is 5.47. The number of hydrogen-bond donors (Lipinski definition) is 2. The molecule has 0 fully saturated rings. The average molecular weight is 296 g/mol. The van der Waals surface area contributed by atoms with Gasteiger partial charge in [-0.3, -0.25) is 14.3 Å². The van der Waals surface area contributed by atoms with Crippen molar-refractivity contribution in [2.75, 3.05) is 13.1 Å². The Bertz CT molecular complexity index is 448. The lowest BCUT2D eigenvalue weighted by Crippen LogP contribution is -2.33. The van der Waals surface area contributed by atoms with Crippen LogP contribution in [0.4, 0.5) is 17.6 Å². The van der Waals surface area contributed by atoms with E-state index < -0.39 is 43.4 Å². The van der Waals surface area contributed by atoms with Gasteiger partial charge in [0.25, 0.3) is 24.7 Å². The van der Waals surface area contributed by atoms with Gasteiger partial charge in [0, 0.05) is 13.2 Å². The van der Waals surface area contributed by atoms with E-state index in [2.05, 4.69) is 5.10 Å². The first-order chi connectivity index (χ1) is 9.31. The van der Waals surface area contributed by atoms with Gasteiger partial charge in [0.05, 0.1) is 18.7 Å². The van der Waals surface area contributed by atoms with Crippen molar-refractivity contribution in [3.63, 3.8) is 0 Å². The molecule has 0 aliphatic heterocycles. The Morgan fingerprint density at radius 2 is 1.65 bits per heavy atom. The number of rotatable bonds is 6. The lowest BCUT2D eigenvalue weighted by Gasteiger charge is -2.05. The molecule has 0 saturated heterocycles. The minimum atomic E-state index is -2.75. The fraction of sp³-hybridized carbons (Fsp3) is 0.500. The zero-order chi connectivity index (χ0) is 15.3. The molecule has 6 nitrogen and oxygen atoms in total. The lowest BCUT2D eigenvalue weighted by molar-refractivity contribution is 0.0859. The molecule has 0 bridgehead atoms. The van der Waals surface area contributed by atoms with Crippen LogP contribution >= 0.6 is 0 Å². The third kappa shape index (κ3) is 4.52. The van der Waals surface area contributed by atoms with Gasteiger partial charge in [-0.15, -0.1) is 0 Å². The molecule has 0 atom stereocenters. The molecule has 2 amide bonds. The molecule has 1 rings (SSSR count). The molecule has 0 aliphatic rings. The molecular formula is C10H12F4N4O2. The van der Waals surface area contributed by atoms with Crippen molar-refractivity contribution in [3.05, 3.63) is 17.5 Å².